The summed E-state index contributed by atoms with van der Waals surface area (Å²) in [5, 5.41) is 3.64. The molecule has 2 atom stereocenters. The lowest BCUT2D eigenvalue weighted by Gasteiger charge is -2.25. The minimum Gasteiger partial charge on any atom is -0.313 e. The molecule has 0 aromatic carbocycles. The van der Waals surface area contributed by atoms with E-state index in [-0.39, 0.29) is 0 Å². The molecule has 1 N–H and O–H groups in total. The third-order valence-electron chi connectivity index (χ3n) is 3.75. The quantitative estimate of drug-likeness (QED) is 0.671. The van der Waals surface area contributed by atoms with Crippen LogP contribution < -0.4 is 5.32 Å². The minimum atomic E-state index is 0.713. The summed E-state index contributed by atoms with van der Waals surface area (Å²) in [6, 6.07) is 1.44. The maximum absolute atomic E-state index is 3.64. The number of hydrogen-bond donors (Lipinski definition) is 1. The van der Waals surface area contributed by atoms with Gasteiger partial charge in [-0.3, -0.25) is 0 Å². The van der Waals surface area contributed by atoms with Crippen LogP contribution in [0.1, 0.15) is 33.1 Å². The molecule has 0 spiro atoms. The Labute approximate surface area is 106 Å². The van der Waals surface area contributed by atoms with E-state index >= 15 is 0 Å². The molecule has 0 amide bonds. The fourth-order valence-electron chi connectivity index (χ4n) is 1.96. The van der Waals surface area contributed by atoms with Gasteiger partial charge in [0.1, 0.15) is 0 Å². The summed E-state index contributed by atoms with van der Waals surface area (Å²) in [5.41, 5.74) is 0. The van der Waals surface area contributed by atoms with Gasteiger partial charge in [0.2, 0.25) is 0 Å². The maximum atomic E-state index is 3.64. The van der Waals surface area contributed by atoms with Gasteiger partial charge < -0.3 is 10.2 Å². The molecule has 2 nitrogen and oxygen atoms in total. The molecule has 0 heterocycles. The zero-order chi connectivity index (χ0) is 12.0. The van der Waals surface area contributed by atoms with Crippen molar-refractivity contribution < 1.29 is 0 Å². The van der Waals surface area contributed by atoms with Gasteiger partial charge >= 0.3 is 0 Å². The topological polar surface area (TPSA) is 15.3 Å². The van der Waals surface area contributed by atoms with Crippen LogP contribution in [0.15, 0.2) is 0 Å². The second-order valence-corrected chi connectivity index (χ2v) is 6.18. The lowest BCUT2D eigenvalue weighted by molar-refractivity contribution is 0.248. The van der Waals surface area contributed by atoms with Gasteiger partial charge in [-0.15, -0.1) is 0 Å². The highest BCUT2D eigenvalue weighted by atomic mass is 32.2. The fraction of sp³-hybridized carbons (Fsp3) is 1.00. The van der Waals surface area contributed by atoms with Crippen molar-refractivity contribution in [2.24, 2.45) is 5.92 Å². The molecule has 0 aliphatic heterocycles. The molecule has 16 heavy (non-hydrogen) atoms. The molecular weight excluding hydrogens is 216 g/mol. The van der Waals surface area contributed by atoms with Crippen molar-refractivity contribution in [2.45, 2.75) is 45.2 Å². The van der Waals surface area contributed by atoms with Gasteiger partial charge in [0.25, 0.3) is 0 Å². The van der Waals surface area contributed by atoms with E-state index in [1.807, 2.05) is 11.8 Å². The van der Waals surface area contributed by atoms with Crippen molar-refractivity contribution in [2.75, 3.05) is 32.1 Å². The molecule has 1 rings (SSSR count). The molecule has 2 unspecified atom stereocenters. The normalized spacial score (nSPS) is 20.1. The zero-order valence-electron chi connectivity index (χ0n) is 11.3. The van der Waals surface area contributed by atoms with Crippen LogP contribution in [0.25, 0.3) is 0 Å². The number of likely N-dealkylation sites (N-methyl/N-ethyl adjacent to an activating group) is 1. The van der Waals surface area contributed by atoms with Crippen LogP contribution in [-0.4, -0.2) is 49.1 Å². The smallest absolute Gasteiger partial charge is 0.0107 e. The van der Waals surface area contributed by atoms with Crippen LogP contribution in [0, 0.1) is 5.92 Å². The first kappa shape index (κ1) is 14.3. The molecule has 0 saturated heterocycles. The fourth-order valence-corrected chi connectivity index (χ4v) is 2.54. The number of nitrogens with zero attached hydrogens (tertiary/aromatic N) is 1. The molecule has 3 heteroatoms. The molecular formula is C13H28N2S. The highest BCUT2D eigenvalue weighted by Crippen LogP contribution is 2.32. The third-order valence-corrected chi connectivity index (χ3v) is 4.40. The molecule has 0 bridgehead atoms. The van der Waals surface area contributed by atoms with Crippen LogP contribution in [0.2, 0.25) is 0 Å². The summed E-state index contributed by atoms with van der Waals surface area (Å²) in [6.45, 7) is 6.97. The first-order chi connectivity index (χ1) is 7.65. The second-order valence-electron chi connectivity index (χ2n) is 5.19. The van der Waals surface area contributed by atoms with Gasteiger partial charge in [0.15, 0.2) is 0 Å². The van der Waals surface area contributed by atoms with Crippen molar-refractivity contribution >= 4 is 11.8 Å². The van der Waals surface area contributed by atoms with Crippen LogP contribution in [-0.2, 0) is 0 Å². The van der Waals surface area contributed by atoms with Crippen LogP contribution >= 0.6 is 11.8 Å². The van der Waals surface area contributed by atoms with Crippen LogP contribution in [0.5, 0.6) is 0 Å². The number of hydrogen-bond acceptors (Lipinski definition) is 3. The van der Waals surface area contributed by atoms with Crippen LogP contribution in [0.3, 0.4) is 0 Å². The summed E-state index contributed by atoms with van der Waals surface area (Å²) in [5.74, 6) is 2.25. The first-order valence-corrected chi connectivity index (χ1v) is 7.97. The lowest BCUT2D eigenvalue weighted by Crippen LogP contribution is -2.38. The SMILES string of the molecule is CSCCC(C)N(C)CCNC(C)C1CC1. The van der Waals surface area contributed by atoms with Gasteiger partial charge in [-0.05, 0) is 58.1 Å². The van der Waals surface area contributed by atoms with E-state index < -0.39 is 0 Å². The van der Waals surface area contributed by atoms with Crippen molar-refractivity contribution in [3.05, 3.63) is 0 Å². The highest BCUT2D eigenvalue weighted by Gasteiger charge is 2.27. The summed E-state index contributed by atoms with van der Waals surface area (Å²) in [7, 11) is 2.24. The monoisotopic (exact) mass is 244 g/mol. The first-order valence-electron chi connectivity index (χ1n) is 6.57. The molecule has 96 valence electrons. The van der Waals surface area contributed by atoms with E-state index in [9.17, 15) is 0 Å². The third kappa shape index (κ3) is 5.55. The lowest BCUT2D eigenvalue weighted by atomic mass is 10.2. The van der Waals surface area contributed by atoms with Crippen molar-refractivity contribution in [3.63, 3.8) is 0 Å². The molecule has 1 aliphatic rings. The number of rotatable bonds is 9. The highest BCUT2D eigenvalue weighted by molar-refractivity contribution is 7.98. The van der Waals surface area contributed by atoms with Crippen LogP contribution in [0.4, 0.5) is 0 Å². The van der Waals surface area contributed by atoms with E-state index in [0.717, 1.165) is 18.5 Å². The Bertz CT molecular complexity index is 183. The summed E-state index contributed by atoms with van der Waals surface area (Å²) in [6.07, 6.45) is 6.36. The Kier molecular flexibility index (Phi) is 6.78. The standard InChI is InChI=1S/C13H28N2S/c1-11(7-10-16-4)15(3)9-8-14-12(2)13-5-6-13/h11-14H,5-10H2,1-4H3. The molecule has 0 radical (unpaired) electrons. The Morgan fingerprint density at radius 1 is 1.38 bits per heavy atom. The zero-order valence-corrected chi connectivity index (χ0v) is 12.1. The van der Waals surface area contributed by atoms with Crippen molar-refractivity contribution in [1.82, 2.24) is 10.2 Å². The molecule has 1 saturated carbocycles. The van der Waals surface area contributed by atoms with Gasteiger partial charge in [0, 0.05) is 25.2 Å². The Balaban J connectivity index is 2.01. The van der Waals surface area contributed by atoms with Gasteiger partial charge in [-0.25, -0.2) is 0 Å². The summed E-state index contributed by atoms with van der Waals surface area (Å²) in [4.78, 5) is 2.48. The van der Waals surface area contributed by atoms with Gasteiger partial charge in [-0.1, -0.05) is 0 Å². The van der Waals surface area contributed by atoms with Crippen molar-refractivity contribution in [3.8, 4) is 0 Å². The average Bonchev–Trinajstić information content (AvgIpc) is 3.09. The largest absolute Gasteiger partial charge is 0.313 e. The van der Waals surface area contributed by atoms with Gasteiger partial charge in [0.05, 0.1) is 0 Å². The van der Waals surface area contributed by atoms with E-state index in [1.54, 1.807) is 0 Å². The Morgan fingerprint density at radius 2 is 2.06 bits per heavy atom. The van der Waals surface area contributed by atoms with E-state index in [4.69, 9.17) is 0 Å². The molecule has 1 aliphatic carbocycles. The molecule has 0 aromatic rings. The Hall–Kier alpha value is 0.270. The number of nitrogens with one attached hydrogen (secondary N) is 1. The predicted octanol–water partition coefficient (Wildman–Crippen LogP) is 2.45. The molecule has 1 fully saturated rings. The summed E-state index contributed by atoms with van der Waals surface area (Å²) >= 11 is 1.95. The maximum Gasteiger partial charge on any atom is 0.0107 e. The van der Waals surface area contributed by atoms with E-state index in [2.05, 4.69) is 37.4 Å². The average molecular weight is 244 g/mol. The Morgan fingerprint density at radius 3 is 2.62 bits per heavy atom. The van der Waals surface area contributed by atoms with E-state index in [1.165, 1.54) is 31.6 Å². The van der Waals surface area contributed by atoms with Gasteiger partial charge in [-0.2, -0.15) is 11.8 Å². The number of thioether (sulfide) groups is 1. The van der Waals surface area contributed by atoms with E-state index in [0.29, 0.717) is 6.04 Å². The summed E-state index contributed by atoms with van der Waals surface area (Å²) < 4.78 is 0. The van der Waals surface area contributed by atoms with Crippen molar-refractivity contribution in [1.29, 1.82) is 0 Å². The second kappa shape index (κ2) is 7.57. The predicted molar refractivity (Wildman–Crippen MR) is 75.3 cm³/mol. The minimum absolute atomic E-state index is 0.713. The molecule has 0 aromatic heterocycles.